The summed E-state index contributed by atoms with van der Waals surface area (Å²) >= 11 is 0. The van der Waals surface area contributed by atoms with Crippen molar-refractivity contribution in [3.63, 3.8) is 0 Å². The van der Waals surface area contributed by atoms with Gasteiger partial charge in [-0.1, -0.05) is 36.4 Å². The zero-order valence-electron chi connectivity index (χ0n) is 11.0. The second kappa shape index (κ2) is 6.92. The number of rotatable bonds is 6. The Morgan fingerprint density at radius 2 is 1.74 bits per heavy atom. The van der Waals surface area contributed by atoms with Crippen LogP contribution in [0.3, 0.4) is 0 Å². The minimum absolute atomic E-state index is 0.0235. The summed E-state index contributed by atoms with van der Waals surface area (Å²) < 4.78 is 11.0. The van der Waals surface area contributed by atoms with Crippen molar-refractivity contribution < 1.29 is 14.6 Å². The van der Waals surface area contributed by atoms with E-state index in [0.717, 1.165) is 22.4 Å². The summed E-state index contributed by atoms with van der Waals surface area (Å²) in [7, 11) is 1.63. The van der Waals surface area contributed by atoms with Gasteiger partial charge >= 0.3 is 0 Å². The molecule has 0 atom stereocenters. The van der Waals surface area contributed by atoms with Crippen LogP contribution < -0.4 is 4.74 Å². The first-order chi connectivity index (χ1) is 9.33. The fourth-order valence-corrected chi connectivity index (χ4v) is 1.90. The Labute approximate surface area is 113 Å². The predicted molar refractivity (Wildman–Crippen MR) is 73.9 cm³/mol. The lowest BCUT2D eigenvalue weighted by Crippen LogP contribution is -1.98. The average Bonchev–Trinajstić information content (AvgIpc) is 2.48. The van der Waals surface area contributed by atoms with Crippen LogP contribution in [0, 0.1) is 0 Å². The van der Waals surface area contributed by atoms with Gasteiger partial charge in [-0.05, 0) is 23.3 Å². The molecular formula is C16H18O3. The summed E-state index contributed by atoms with van der Waals surface area (Å²) in [5, 5.41) is 9.15. The van der Waals surface area contributed by atoms with Crippen LogP contribution in [0.25, 0.3) is 0 Å². The molecule has 0 unspecified atom stereocenters. The summed E-state index contributed by atoms with van der Waals surface area (Å²) in [6.07, 6.45) is 0. The fourth-order valence-electron chi connectivity index (χ4n) is 1.90. The molecule has 3 heteroatoms. The molecule has 19 heavy (non-hydrogen) atoms. The minimum atomic E-state index is 0.0235. The molecule has 0 saturated heterocycles. The van der Waals surface area contributed by atoms with Gasteiger partial charge in [0.15, 0.2) is 0 Å². The standard InChI is InChI=1S/C16H18O3/c1-18-16-8-7-14(10-17)9-15(16)12-19-11-13-5-3-2-4-6-13/h2-9,17H,10-12H2,1H3. The number of aliphatic hydroxyl groups is 1. The Kier molecular flexibility index (Phi) is 4.95. The predicted octanol–water partition coefficient (Wildman–Crippen LogP) is 2.90. The minimum Gasteiger partial charge on any atom is -0.496 e. The summed E-state index contributed by atoms with van der Waals surface area (Å²) in [6, 6.07) is 15.6. The monoisotopic (exact) mass is 258 g/mol. The van der Waals surface area contributed by atoms with Gasteiger partial charge in [-0.15, -0.1) is 0 Å². The highest BCUT2D eigenvalue weighted by Gasteiger charge is 2.04. The van der Waals surface area contributed by atoms with Gasteiger partial charge in [0.1, 0.15) is 5.75 Å². The van der Waals surface area contributed by atoms with Gasteiger partial charge in [0.2, 0.25) is 0 Å². The highest BCUT2D eigenvalue weighted by molar-refractivity contribution is 5.36. The topological polar surface area (TPSA) is 38.7 Å². The number of hydrogen-bond acceptors (Lipinski definition) is 3. The lowest BCUT2D eigenvalue weighted by Gasteiger charge is -2.10. The Morgan fingerprint density at radius 1 is 0.947 bits per heavy atom. The largest absolute Gasteiger partial charge is 0.496 e. The van der Waals surface area contributed by atoms with E-state index in [4.69, 9.17) is 14.6 Å². The smallest absolute Gasteiger partial charge is 0.124 e. The molecule has 0 radical (unpaired) electrons. The van der Waals surface area contributed by atoms with Crippen LogP contribution in [0.5, 0.6) is 5.75 Å². The molecule has 0 aromatic heterocycles. The fraction of sp³-hybridized carbons (Fsp3) is 0.250. The molecule has 1 N–H and O–H groups in total. The molecule has 0 aliphatic heterocycles. The lowest BCUT2D eigenvalue weighted by atomic mass is 10.1. The normalized spacial score (nSPS) is 10.4. The quantitative estimate of drug-likeness (QED) is 0.866. The Balaban J connectivity index is 1.98. The number of aliphatic hydroxyl groups excluding tert-OH is 1. The van der Waals surface area contributed by atoms with Crippen LogP contribution in [0.1, 0.15) is 16.7 Å². The Hall–Kier alpha value is -1.84. The number of methoxy groups -OCH3 is 1. The van der Waals surface area contributed by atoms with Crippen molar-refractivity contribution in [3.05, 3.63) is 65.2 Å². The van der Waals surface area contributed by atoms with Crippen molar-refractivity contribution in [2.75, 3.05) is 7.11 Å². The van der Waals surface area contributed by atoms with Gasteiger partial charge < -0.3 is 14.6 Å². The first kappa shape index (κ1) is 13.6. The van der Waals surface area contributed by atoms with Crippen LogP contribution in [-0.2, 0) is 24.6 Å². The van der Waals surface area contributed by atoms with Crippen LogP contribution in [-0.4, -0.2) is 12.2 Å². The van der Waals surface area contributed by atoms with Crippen molar-refractivity contribution in [3.8, 4) is 5.75 Å². The maximum atomic E-state index is 9.15. The molecule has 0 aliphatic rings. The third-order valence-electron chi connectivity index (χ3n) is 2.90. The van der Waals surface area contributed by atoms with Crippen LogP contribution >= 0.6 is 0 Å². The molecule has 2 aromatic carbocycles. The van der Waals surface area contributed by atoms with Crippen LogP contribution in [0.4, 0.5) is 0 Å². The molecule has 100 valence electrons. The van der Waals surface area contributed by atoms with Crippen molar-refractivity contribution in [2.24, 2.45) is 0 Å². The SMILES string of the molecule is COc1ccc(CO)cc1COCc1ccccc1. The molecule has 3 nitrogen and oxygen atoms in total. The molecule has 0 aliphatic carbocycles. The molecule has 0 bridgehead atoms. The third-order valence-corrected chi connectivity index (χ3v) is 2.90. The first-order valence-corrected chi connectivity index (χ1v) is 6.22. The molecule has 2 aromatic rings. The molecule has 2 rings (SSSR count). The van der Waals surface area contributed by atoms with E-state index in [9.17, 15) is 0 Å². The van der Waals surface area contributed by atoms with Gasteiger partial charge in [0, 0.05) is 5.56 Å². The molecule has 0 fully saturated rings. The van der Waals surface area contributed by atoms with Gasteiger partial charge in [-0.25, -0.2) is 0 Å². The van der Waals surface area contributed by atoms with Gasteiger partial charge in [-0.3, -0.25) is 0 Å². The summed E-state index contributed by atoms with van der Waals surface area (Å²) in [5.74, 6) is 0.783. The molecule has 0 amide bonds. The van der Waals surface area contributed by atoms with Gasteiger partial charge in [0.05, 0.1) is 26.9 Å². The summed E-state index contributed by atoms with van der Waals surface area (Å²) in [6.45, 7) is 1.05. The van der Waals surface area contributed by atoms with Crippen LogP contribution in [0.15, 0.2) is 48.5 Å². The number of hydrogen-bond donors (Lipinski definition) is 1. The lowest BCUT2D eigenvalue weighted by molar-refractivity contribution is 0.105. The Morgan fingerprint density at radius 3 is 2.42 bits per heavy atom. The summed E-state index contributed by atoms with van der Waals surface area (Å²) in [5.41, 5.74) is 2.95. The van der Waals surface area contributed by atoms with Gasteiger partial charge in [-0.2, -0.15) is 0 Å². The van der Waals surface area contributed by atoms with Gasteiger partial charge in [0.25, 0.3) is 0 Å². The van der Waals surface area contributed by atoms with E-state index >= 15 is 0 Å². The van der Waals surface area contributed by atoms with Crippen molar-refractivity contribution in [1.82, 2.24) is 0 Å². The number of benzene rings is 2. The maximum absolute atomic E-state index is 9.15. The molecule has 0 heterocycles. The second-order valence-corrected chi connectivity index (χ2v) is 4.28. The maximum Gasteiger partial charge on any atom is 0.124 e. The van der Waals surface area contributed by atoms with E-state index in [1.807, 2.05) is 48.5 Å². The van der Waals surface area contributed by atoms with E-state index in [1.165, 1.54) is 0 Å². The highest BCUT2D eigenvalue weighted by Crippen LogP contribution is 2.21. The van der Waals surface area contributed by atoms with Crippen molar-refractivity contribution >= 4 is 0 Å². The average molecular weight is 258 g/mol. The number of ether oxygens (including phenoxy) is 2. The highest BCUT2D eigenvalue weighted by atomic mass is 16.5. The van der Waals surface area contributed by atoms with Crippen molar-refractivity contribution in [1.29, 1.82) is 0 Å². The van der Waals surface area contributed by atoms with E-state index < -0.39 is 0 Å². The zero-order chi connectivity index (χ0) is 13.5. The summed E-state index contributed by atoms with van der Waals surface area (Å²) in [4.78, 5) is 0. The van der Waals surface area contributed by atoms with Crippen LogP contribution in [0.2, 0.25) is 0 Å². The van der Waals surface area contributed by atoms with E-state index in [1.54, 1.807) is 7.11 Å². The third kappa shape index (κ3) is 3.81. The molecule has 0 spiro atoms. The zero-order valence-corrected chi connectivity index (χ0v) is 11.0. The molecule has 0 saturated carbocycles. The van der Waals surface area contributed by atoms with E-state index in [2.05, 4.69) is 0 Å². The Bertz CT molecular complexity index is 509. The van der Waals surface area contributed by atoms with E-state index in [0.29, 0.717) is 13.2 Å². The second-order valence-electron chi connectivity index (χ2n) is 4.28. The molecular weight excluding hydrogens is 240 g/mol. The van der Waals surface area contributed by atoms with E-state index in [-0.39, 0.29) is 6.61 Å². The first-order valence-electron chi connectivity index (χ1n) is 6.22. The van der Waals surface area contributed by atoms with Crippen molar-refractivity contribution in [2.45, 2.75) is 19.8 Å².